The van der Waals surface area contributed by atoms with Gasteiger partial charge >= 0.3 is 0 Å². The normalized spacial score (nSPS) is 11.5. The van der Waals surface area contributed by atoms with Gasteiger partial charge in [0.15, 0.2) is 5.82 Å². The van der Waals surface area contributed by atoms with Crippen LogP contribution in [-0.4, -0.2) is 9.97 Å². The summed E-state index contributed by atoms with van der Waals surface area (Å²) in [4.78, 5) is 10.1. The minimum absolute atomic E-state index is 0.706. The number of fused-ring (bicyclic) bond motifs is 6. The van der Waals surface area contributed by atoms with E-state index in [0.29, 0.717) is 5.82 Å². The molecular weight excluding hydrogens is 693 g/mol. The lowest BCUT2D eigenvalue weighted by Gasteiger charge is -2.12. The van der Waals surface area contributed by atoms with E-state index in [1.54, 1.807) is 0 Å². The summed E-state index contributed by atoms with van der Waals surface area (Å²) in [5.41, 5.74) is 13.5. The van der Waals surface area contributed by atoms with Gasteiger partial charge in [0.2, 0.25) is 0 Å². The van der Waals surface area contributed by atoms with Gasteiger partial charge in [0.25, 0.3) is 0 Å². The van der Waals surface area contributed by atoms with Crippen molar-refractivity contribution in [3.63, 3.8) is 0 Å². The van der Waals surface area contributed by atoms with E-state index < -0.39 is 0 Å². The van der Waals surface area contributed by atoms with E-state index >= 15 is 0 Å². The van der Waals surface area contributed by atoms with E-state index in [-0.39, 0.29) is 0 Å². The fourth-order valence-corrected chi connectivity index (χ4v) is 8.32. The van der Waals surface area contributed by atoms with Crippen molar-refractivity contribution in [2.45, 2.75) is 0 Å². The zero-order chi connectivity index (χ0) is 37.7. The predicted octanol–water partition coefficient (Wildman–Crippen LogP) is 14.7. The van der Waals surface area contributed by atoms with E-state index in [9.17, 15) is 0 Å². The predicted molar refractivity (Wildman–Crippen MR) is 237 cm³/mol. The summed E-state index contributed by atoms with van der Waals surface area (Å²) in [7, 11) is 0. The van der Waals surface area contributed by atoms with Crippen LogP contribution in [0.2, 0.25) is 0 Å². The number of aromatic nitrogens is 2. The molecule has 0 N–H and O–H groups in total. The van der Waals surface area contributed by atoms with Crippen molar-refractivity contribution in [3.8, 4) is 67.3 Å². The molecule has 0 aliphatic rings. The standard InChI is InChI=1S/C54H34N2O/c1-3-16-36(17-4-1)50-34-51(56-54(55-50)37-18-5-2-6-19-37)41-24-12-22-39(32-41)38-21-11-23-40(31-38)48-33-49-47-30-14-29-46(43-28-13-20-35-15-7-8-25-42(35)43)52(47)57-53(49)45-27-10-9-26-44(45)48/h1-34H. The first-order chi connectivity index (χ1) is 28.2. The summed E-state index contributed by atoms with van der Waals surface area (Å²) in [6, 6.07) is 72.7. The highest BCUT2D eigenvalue weighted by Gasteiger charge is 2.19. The van der Waals surface area contributed by atoms with Crippen molar-refractivity contribution in [2.24, 2.45) is 0 Å². The Bertz CT molecular complexity index is 3230. The Kier molecular flexibility index (Phi) is 7.82. The van der Waals surface area contributed by atoms with Gasteiger partial charge in [-0.3, -0.25) is 0 Å². The molecule has 2 heterocycles. The second-order valence-electron chi connectivity index (χ2n) is 14.5. The van der Waals surface area contributed by atoms with Crippen LogP contribution in [0.1, 0.15) is 0 Å². The van der Waals surface area contributed by atoms with Crippen LogP contribution in [-0.2, 0) is 0 Å². The number of furan rings is 1. The average Bonchev–Trinajstić information content (AvgIpc) is 3.68. The van der Waals surface area contributed by atoms with Gasteiger partial charge in [-0.15, -0.1) is 0 Å². The van der Waals surface area contributed by atoms with Crippen molar-refractivity contribution in [2.75, 3.05) is 0 Å². The van der Waals surface area contributed by atoms with Gasteiger partial charge in [-0.25, -0.2) is 9.97 Å². The summed E-state index contributed by atoms with van der Waals surface area (Å²) in [5.74, 6) is 0.706. The molecule has 11 rings (SSSR count). The van der Waals surface area contributed by atoms with Crippen LogP contribution in [0.5, 0.6) is 0 Å². The SMILES string of the molecule is c1ccc(-c2cc(-c3cccc(-c4cccc(-c5cc6c7cccc(-c8cccc9ccccc89)c7oc6c6ccccc56)c4)c3)nc(-c3ccccc3)n2)cc1. The van der Waals surface area contributed by atoms with Crippen LogP contribution >= 0.6 is 0 Å². The zero-order valence-electron chi connectivity index (χ0n) is 30.9. The minimum Gasteiger partial charge on any atom is -0.455 e. The van der Waals surface area contributed by atoms with Gasteiger partial charge in [0, 0.05) is 38.4 Å². The van der Waals surface area contributed by atoms with Crippen molar-refractivity contribution in [1.82, 2.24) is 9.97 Å². The Hall–Kier alpha value is -7.62. The molecule has 0 fully saturated rings. The van der Waals surface area contributed by atoms with E-state index in [4.69, 9.17) is 14.4 Å². The highest BCUT2D eigenvalue weighted by molar-refractivity contribution is 6.21. The third kappa shape index (κ3) is 5.76. The molecule has 0 aliphatic heterocycles. The van der Waals surface area contributed by atoms with Crippen molar-refractivity contribution < 1.29 is 4.42 Å². The molecule has 266 valence electrons. The van der Waals surface area contributed by atoms with Gasteiger partial charge < -0.3 is 4.42 Å². The number of hydrogen-bond donors (Lipinski definition) is 0. The second kappa shape index (κ2) is 13.6. The number of benzene rings is 9. The van der Waals surface area contributed by atoms with Crippen molar-refractivity contribution in [1.29, 1.82) is 0 Å². The van der Waals surface area contributed by atoms with Crippen LogP contribution in [0, 0.1) is 0 Å². The molecule has 3 nitrogen and oxygen atoms in total. The van der Waals surface area contributed by atoms with Crippen molar-refractivity contribution in [3.05, 3.63) is 206 Å². The Morgan fingerprint density at radius 1 is 0.281 bits per heavy atom. The number of para-hydroxylation sites is 1. The monoisotopic (exact) mass is 726 g/mol. The largest absolute Gasteiger partial charge is 0.455 e. The van der Waals surface area contributed by atoms with Crippen LogP contribution in [0.4, 0.5) is 0 Å². The lowest BCUT2D eigenvalue weighted by Crippen LogP contribution is -1.96. The van der Waals surface area contributed by atoms with E-state index in [0.717, 1.165) is 83.0 Å². The average molecular weight is 727 g/mol. The molecule has 0 spiro atoms. The molecule has 0 unspecified atom stereocenters. The fourth-order valence-electron chi connectivity index (χ4n) is 8.32. The van der Waals surface area contributed by atoms with Crippen LogP contribution in [0.25, 0.3) is 111 Å². The van der Waals surface area contributed by atoms with E-state index in [1.165, 1.54) is 21.9 Å². The van der Waals surface area contributed by atoms with Gasteiger partial charge in [-0.1, -0.05) is 182 Å². The maximum absolute atomic E-state index is 6.90. The van der Waals surface area contributed by atoms with Gasteiger partial charge in [-0.2, -0.15) is 0 Å². The molecule has 0 bridgehead atoms. The minimum atomic E-state index is 0.706. The third-order valence-electron chi connectivity index (χ3n) is 11.1. The van der Waals surface area contributed by atoms with Crippen LogP contribution in [0.15, 0.2) is 211 Å². The molecule has 0 saturated heterocycles. The highest BCUT2D eigenvalue weighted by atomic mass is 16.3. The fraction of sp³-hybridized carbons (Fsp3) is 0. The second-order valence-corrected chi connectivity index (χ2v) is 14.5. The van der Waals surface area contributed by atoms with E-state index in [2.05, 4.69) is 170 Å². The van der Waals surface area contributed by atoms with Crippen molar-refractivity contribution >= 4 is 43.5 Å². The number of rotatable bonds is 6. The highest BCUT2D eigenvalue weighted by Crippen LogP contribution is 2.44. The number of nitrogens with zero attached hydrogens (tertiary/aromatic N) is 2. The quantitative estimate of drug-likeness (QED) is 0.171. The molecule has 0 saturated carbocycles. The van der Waals surface area contributed by atoms with Crippen LogP contribution < -0.4 is 0 Å². The topological polar surface area (TPSA) is 38.9 Å². The molecule has 0 amide bonds. The summed E-state index contributed by atoms with van der Waals surface area (Å²) in [6.45, 7) is 0. The summed E-state index contributed by atoms with van der Waals surface area (Å²) in [5, 5.41) is 6.91. The first kappa shape index (κ1) is 32.8. The Morgan fingerprint density at radius 2 is 0.789 bits per heavy atom. The first-order valence-corrected chi connectivity index (χ1v) is 19.3. The molecule has 0 atom stereocenters. The van der Waals surface area contributed by atoms with Gasteiger partial charge in [-0.05, 0) is 68.2 Å². The maximum atomic E-state index is 6.90. The molecule has 3 heteroatoms. The molecular formula is C54H34N2O. The van der Waals surface area contributed by atoms with Gasteiger partial charge in [0.05, 0.1) is 11.4 Å². The first-order valence-electron chi connectivity index (χ1n) is 19.3. The smallest absolute Gasteiger partial charge is 0.160 e. The van der Waals surface area contributed by atoms with E-state index in [1.807, 2.05) is 36.4 Å². The zero-order valence-corrected chi connectivity index (χ0v) is 30.9. The molecule has 57 heavy (non-hydrogen) atoms. The molecule has 0 aliphatic carbocycles. The van der Waals surface area contributed by atoms with Gasteiger partial charge in [0.1, 0.15) is 11.2 Å². The summed E-state index contributed by atoms with van der Waals surface area (Å²) in [6.07, 6.45) is 0. The summed E-state index contributed by atoms with van der Waals surface area (Å²) < 4.78 is 6.90. The Balaban J connectivity index is 1.04. The number of hydrogen-bond acceptors (Lipinski definition) is 3. The molecule has 9 aromatic carbocycles. The summed E-state index contributed by atoms with van der Waals surface area (Å²) >= 11 is 0. The maximum Gasteiger partial charge on any atom is 0.160 e. The molecule has 11 aromatic rings. The Morgan fingerprint density at radius 3 is 1.58 bits per heavy atom. The molecule has 0 radical (unpaired) electrons. The lowest BCUT2D eigenvalue weighted by atomic mass is 9.92. The lowest BCUT2D eigenvalue weighted by molar-refractivity contribution is 0.674. The molecule has 2 aromatic heterocycles. The third-order valence-corrected chi connectivity index (χ3v) is 11.1. The van der Waals surface area contributed by atoms with Crippen LogP contribution in [0.3, 0.4) is 0 Å². The Labute approximate surface area is 330 Å².